The number of hydrogen-bond donors (Lipinski definition) is 0. The van der Waals surface area contributed by atoms with Crippen LogP contribution in [0.15, 0.2) is 29.6 Å². The van der Waals surface area contributed by atoms with Crippen molar-refractivity contribution in [3.8, 4) is 0 Å². The highest BCUT2D eigenvalue weighted by atomic mass is 32.2. The number of hydrogen-bond acceptors (Lipinski definition) is 4. The molecule has 0 aliphatic carbocycles. The predicted octanol–water partition coefficient (Wildman–Crippen LogP) is 1.64. The average Bonchev–Trinajstić information content (AvgIpc) is 3.02. The van der Waals surface area contributed by atoms with Crippen LogP contribution in [0.1, 0.15) is 36.8 Å². The van der Waals surface area contributed by atoms with Crippen molar-refractivity contribution in [2.24, 2.45) is 7.05 Å². The Morgan fingerprint density at radius 2 is 2.05 bits per heavy atom. The fourth-order valence-electron chi connectivity index (χ4n) is 2.59. The Hall–Kier alpha value is -1.73. The van der Waals surface area contributed by atoms with Crippen LogP contribution in [-0.2, 0) is 30.2 Å². The van der Waals surface area contributed by atoms with E-state index in [2.05, 4.69) is 9.97 Å². The maximum absolute atomic E-state index is 12.7. The molecule has 0 spiro atoms. The van der Waals surface area contributed by atoms with Crippen molar-refractivity contribution in [1.29, 1.82) is 0 Å². The van der Waals surface area contributed by atoms with Gasteiger partial charge in [0, 0.05) is 31.9 Å². The Kier molecular flexibility index (Phi) is 3.33. The molecular weight excluding hydrogens is 288 g/mol. The monoisotopic (exact) mass is 306 g/mol. The van der Waals surface area contributed by atoms with Crippen LogP contribution in [0.5, 0.6) is 0 Å². The highest BCUT2D eigenvalue weighted by molar-refractivity contribution is 7.89. The van der Waals surface area contributed by atoms with Crippen LogP contribution < -0.4 is 0 Å². The van der Waals surface area contributed by atoms with Gasteiger partial charge < -0.3 is 4.57 Å². The quantitative estimate of drug-likeness (QED) is 0.864. The van der Waals surface area contributed by atoms with E-state index in [4.69, 9.17) is 0 Å². The van der Waals surface area contributed by atoms with Crippen molar-refractivity contribution in [2.45, 2.75) is 37.9 Å². The highest BCUT2D eigenvalue weighted by Gasteiger charge is 2.33. The molecule has 112 valence electrons. The van der Waals surface area contributed by atoms with Crippen LogP contribution in [0.25, 0.3) is 0 Å². The molecule has 0 saturated heterocycles. The molecule has 0 amide bonds. The van der Waals surface area contributed by atoms with Gasteiger partial charge in [-0.2, -0.15) is 4.31 Å². The van der Waals surface area contributed by atoms with E-state index >= 15 is 0 Å². The third-order valence-electron chi connectivity index (χ3n) is 3.67. The van der Waals surface area contributed by atoms with Crippen molar-refractivity contribution in [1.82, 2.24) is 18.8 Å². The largest absolute Gasteiger partial charge is 0.336 e. The lowest BCUT2D eigenvalue weighted by Gasteiger charge is -2.12. The number of nitrogens with zero attached hydrogens (tertiary/aromatic N) is 4. The first-order chi connectivity index (χ1) is 9.89. The SMILES string of the molecule is CC(C)c1nc(S(=O)(=O)N2Cc3cccnc3C2)cn1C. The molecule has 0 fully saturated rings. The van der Waals surface area contributed by atoms with Crippen molar-refractivity contribution >= 4 is 10.0 Å². The van der Waals surface area contributed by atoms with Crippen LogP contribution in [-0.4, -0.2) is 27.3 Å². The molecule has 21 heavy (non-hydrogen) atoms. The highest BCUT2D eigenvalue weighted by Crippen LogP contribution is 2.27. The molecule has 3 rings (SSSR count). The van der Waals surface area contributed by atoms with E-state index < -0.39 is 10.0 Å². The van der Waals surface area contributed by atoms with Gasteiger partial charge in [-0.3, -0.25) is 4.98 Å². The normalized spacial score (nSPS) is 15.6. The number of sulfonamides is 1. The summed E-state index contributed by atoms with van der Waals surface area (Å²) in [6, 6.07) is 3.74. The Labute approximate surface area is 124 Å². The minimum Gasteiger partial charge on any atom is -0.336 e. The van der Waals surface area contributed by atoms with E-state index in [9.17, 15) is 8.42 Å². The lowest BCUT2D eigenvalue weighted by molar-refractivity contribution is 0.427. The summed E-state index contributed by atoms with van der Waals surface area (Å²) in [4.78, 5) is 8.54. The molecule has 0 saturated carbocycles. The molecule has 0 bridgehead atoms. The average molecular weight is 306 g/mol. The molecule has 6 nitrogen and oxygen atoms in total. The second-order valence-electron chi connectivity index (χ2n) is 5.59. The van der Waals surface area contributed by atoms with E-state index in [0.29, 0.717) is 13.1 Å². The summed E-state index contributed by atoms with van der Waals surface area (Å²) in [5.74, 6) is 0.944. The summed E-state index contributed by atoms with van der Waals surface area (Å²) >= 11 is 0. The van der Waals surface area contributed by atoms with E-state index in [1.807, 2.05) is 33.0 Å². The fourth-order valence-corrected chi connectivity index (χ4v) is 3.95. The first-order valence-electron chi connectivity index (χ1n) is 6.86. The number of pyridine rings is 1. The minimum absolute atomic E-state index is 0.113. The number of fused-ring (bicyclic) bond motifs is 1. The third-order valence-corrected chi connectivity index (χ3v) is 5.33. The molecule has 7 heteroatoms. The van der Waals surface area contributed by atoms with Crippen LogP contribution >= 0.6 is 0 Å². The Balaban J connectivity index is 1.94. The van der Waals surface area contributed by atoms with Gasteiger partial charge in [0.2, 0.25) is 0 Å². The molecule has 2 aromatic rings. The van der Waals surface area contributed by atoms with Gasteiger partial charge in [0.25, 0.3) is 10.0 Å². The summed E-state index contributed by atoms with van der Waals surface area (Å²) in [5, 5.41) is 0.113. The van der Waals surface area contributed by atoms with Crippen molar-refractivity contribution in [2.75, 3.05) is 0 Å². The van der Waals surface area contributed by atoms with Crippen molar-refractivity contribution < 1.29 is 8.42 Å². The summed E-state index contributed by atoms with van der Waals surface area (Å²) in [6.45, 7) is 4.66. The first kappa shape index (κ1) is 14.2. The molecule has 0 N–H and O–H groups in total. The third kappa shape index (κ3) is 2.36. The van der Waals surface area contributed by atoms with Gasteiger partial charge in [-0.05, 0) is 11.6 Å². The molecule has 1 aliphatic heterocycles. The smallest absolute Gasteiger partial charge is 0.262 e. The lowest BCUT2D eigenvalue weighted by Crippen LogP contribution is -2.26. The van der Waals surface area contributed by atoms with Gasteiger partial charge in [-0.1, -0.05) is 19.9 Å². The van der Waals surface area contributed by atoms with Crippen LogP contribution in [0.4, 0.5) is 0 Å². The van der Waals surface area contributed by atoms with Crippen LogP contribution in [0.3, 0.4) is 0 Å². The number of aryl methyl sites for hydroxylation is 1. The molecule has 0 atom stereocenters. The number of aromatic nitrogens is 3. The fraction of sp³-hybridized carbons (Fsp3) is 0.429. The minimum atomic E-state index is -3.58. The second-order valence-corrected chi connectivity index (χ2v) is 7.47. The zero-order valence-corrected chi connectivity index (χ0v) is 13.1. The van der Waals surface area contributed by atoms with Crippen LogP contribution in [0.2, 0.25) is 0 Å². The first-order valence-corrected chi connectivity index (χ1v) is 8.30. The molecule has 0 radical (unpaired) electrons. The Morgan fingerprint density at radius 1 is 1.29 bits per heavy atom. The van der Waals surface area contributed by atoms with Gasteiger partial charge in [0.05, 0.1) is 12.2 Å². The summed E-state index contributed by atoms with van der Waals surface area (Å²) in [7, 11) is -1.76. The lowest BCUT2D eigenvalue weighted by atomic mass is 10.2. The second kappa shape index (κ2) is 4.92. The molecule has 1 aliphatic rings. The summed E-state index contributed by atoms with van der Waals surface area (Å²) < 4.78 is 28.6. The van der Waals surface area contributed by atoms with E-state index in [-0.39, 0.29) is 10.9 Å². The zero-order chi connectivity index (χ0) is 15.2. The van der Waals surface area contributed by atoms with Gasteiger partial charge in [-0.25, -0.2) is 13.4 Å². The molecule has 2 aromatic heterocycles. The zero-order valence-electron chi connectivity index (χ0n) is 12.3. The van der Waals surface area contributed by atoms with Gasteiger partial charge in [-0.15, -0.1) is 0 Å². The summed E-state index contributed by atoms with van der Waals surface area (Å²) in [6.07, 6.45) is 3.27. The van der Waals surface area contributed by atoms with E-state index in [1.165, 1.54) is 4.31 Å². The maximum Gasteiger partial charge on any atom is 0.262 e. The topological polar surface area (TPSA) is 68.1 Å². The van der Waals surface area contributed by atoms with E-state index in [0.717, 1.165) is 17.1 Å². The molecule has 0 unspecified atom stereocenters. The molecular formula is C14H18N4O2S. The van der Waals surface area contributed by atoms with Gasteiger partial charge >= 0.3 is 0 Å². The van der Waals surface area contributed by atoms with Gasteiger partial charge in [0.1, 0.15) is 5.82 Å². The summed E-state index contributed by atoms with van der Waals surface area (Å²) in [5.41, 5.74) is 1.78. The van der Waals surface area contributed by atoms with Crippen molar-refractivity contribution in [3.05, 3.63) is 41.6 Å². The number of rotatable bonds is 3. The predicted molar refractivity (Wildman–Crippen MR) is 78.0 cm³/mol. The Morgan fingerprint density at radius 3 is 2.67 bits per heavy atom. The Bertz CT molecular complexity index is 755. The standard InChI is InChI=1S/C14H18N4O2S/c1-10(2)14-16-13(9-17(14)3)21(19,20)18-7-11-5-4-6-15-12(11)8-18/h4-6,9-10H,7-8H2,1-3H3. The maximum atomic E-state index is 12.7. The van der Waals surface area contributed by atoms with E-state index in [1.54, 1.807) is 17.0 Å². The molecule has 0 aromatic carbocycles. The van der Waals surface area contributed by atoms with Crippen molar-refractivity contribution in [3.63, 3.8) is 0 Å². The van der Waals surface area contributed by atoms with Gasteiger partial charge in [0.15, 0.2) is 5.03 Å². The number of imidazole rings is 1. The van der Waals surface area contributed by atoms with Crippen LogP contribution in [0, 0.1) is 0 Å². The molecule has 3 heterocycles.